The summed E-state index contributed by atoms with van der Waals surface area (Å²) in [4.78, 5) is 11.6. The molecule has 0 spiro atoms. The molecule has 27 heavy (non-hydrogen) atoms. The van der Waals surface area contributed by atoms with Gasteiger partial charge in [0.05, 0.1) is 0 Å². The monoisotopic (exact) mass is 375 g/mol. The van der Waals surface area contributed by atoms with Gasteiger partial charge in [-0.3, -0.25) is 4.79 Å². The largest absolute Gasteiger partial charge is 0.356 e. The van der Waals surface area contributed by atoms with Crippen LogP contribution in [-0.4, -0.2) is 12.5 Å². The number of carbonyl (C=O) groups is 1. The highest BCUT2D eigenvalue weighted by atomic mass is 16.1. The van der Waals surface area contributed by atoms with E-state index in [1.807, 2.05) is 0 Å². The van der Waals surface area contributed by atoms with Gasteiger partial charge in [-0.05, 0) is 51.4 Å². The third-order valence-corrected chi connectivity index (χ3v) is 4.33. The second-order valence-corrected chi connectivity index (χ2v) is 7.04. The number of rotatable bonds is 18. The molecule has 0 aliphatic heterocycles. The molecule has 1 amide bonds. The maximum atomic E-state index is 11.6. The minimum Gasteiger partial charge on any atom is -0.356 e. The Morgan fingerprint density at radius 3 is 1.70 bits per heavy atom. The van der Waals surface area contributed by atoms with Crippen molar-refractivity contribution in [3.63, 3.8) is 0 Å². The highest BCUT2D eigenvalue weighted by Gasteiger charge is 1.98. The molecule has 0 aromatic heterocycles. The zero-order valence-electron chi connectivity index (χ0n) is 17.9. The summed E-state index contributed by atoms with van der Waals surface area (Å²) in [5, 5.41) is 2.99. The normalized spacial score (nSPS) is 12.2. The second kappa shape index (κ2) is 22.5. The molecule has 2 heteroatoms. The van der Waals surface area contributed by atoms with Gasteiger partial charge in [-0.2, -0.15) is 0 Å². The number of unbranched alkanes of at least 4 members (excludes halogenated alkanes) is 6. The molecule has 0 aromatic rings. The van der Waals surface area contributed by atoms with Crippen LogP contribution in [0.2, 0.25) is 0 Å². The van der Waals surface area contributed by atoms with Crippen LogP contribution >= 0.6 is 0 Å². The van der Waals surface area contributed by atoms with Crippen molar-refractivity contribution in [3.05, 3.63) is 48.6 Å². The summed E-state index contributed by atoms with van der Waals surface area (Å²) >= 11 is 0. The van der Waals surface area contributed by atoms with E-state index in [9.17, 15) is 4.79 Å². The van der Waals surface area contributed by atoms with Gasteiger partial charge in [0, 0.05) is 14.4 Å². The second-order valence-electron chi connectivity index (χ2n) is 7.04. The summed E-state index contributed by atoms with van der Waals surface area (Å²) < 4.78 is 0. The summed E-state index contributed by atoms with van der Waals surface area (Å²) in [6.45, 7) is 5.25. The molecule has 0 rings (SSSR count). The highest BCUT2D eigenvalue weighted by molar-refractivity contribution is 5.75. The number of hydrogen-bond acceptors (Lipinski definition) is 1. The molecule has 0 fully saturated rings. The topological polar surface area (TPSA) is 29.1 Å². The number of amides is 1. The predicted molar refractivity (Wildman–Crippen MR) is 123 cm³/mol. The SMILES string of the molecule is CCCCC/C=C\C/C=C\C/C=C\C/C=C\CCCC(=O)NCCCCC.[HH]. The van der Waals surface area contributed by atoms with E-state index in [1.54, 1.807) is 0 Å². The first kappa shape index (κ1) is 25.4. The highest BCUT2D eigenvalue weighted by Crippen LogP contribution is 2.01. The lowest BCUT2D eigenvalue weighted by Gasteiger charge is -2.03. The summed E-state index contributed by atoms with van der Waals surface area (Å²) in [6, 6.07) is 0. The Kier molecular flexibility index (Phi) is 21.2. The fraction of sp³-hybridized carbons (Fsp3) is 0.640. The third-order valence-electron chi connectivity index (χ3n) is 4.33. The summed E-state index contributed by atoms with van der Waals surface area (Å²) in [7, 11) is 0. The van der Waals surface area contributed by atoms with Crippen LogP contribution in [0.25, 0.3) is 0 Å². The fourth-order valence-corrected chi connectivity index (χ4v) is 2.63. The third kappa shape index (κ3) is 22.4. The van der Waals surface area contributed by atoms with Crippen molar-refractivity contribution in [2.45, 2.75) is 97.3 Å². The van der Waals surface area contributed by atoms with Crippen LogP contribution in [0.1, 0.15) is 98.7 Å². The molecule has 0 atom stereocenters. The standard InChI is InChI=1S/C25H43NO.H2/c1-3-5-7-8-9-10-11-12-13-14-15-16-17-18-19-20-21-23-25(27)26-24-22-6-4-2;/h9-10,12-13,15-16,18-19H,3-8,11,14,17,20-24H2,1-2H3,(H,26,27);1H/b10-9-,13-12-,16-15-,19-18-;. The molecule has 0 aliphatic rings. The smallest absolute Gasteiger partial charge is 0.220 e. The van der Waals surface area contributed by atoms with Gasteiger partial charge in [0.2, 0.25) is 5.91 Å². The van der Waals surface area contributed by atoms with Crippen LogP contribution < -0.4 is 5.32 Å². The Hall–Kier alpha value is -1.57. The molecule has 0 heterocycles. The Balaban J connectivity index is 0. The first-order chi connectivity index (χ1) is 13.3. The van der Waals surface area contributed by atoms with Crippen LogP contribution in [-0.2, 0) is 4.79 Å². The van der Waals surface area contributed by atoms with Crippen molar-refractivity contribution in [3.8, 4) is 0 Å². The molecule has 156 valence electrons. The van der Waals surface area contributed by atoms with Crippen LogP contribution in [0.3, 0.4) is 0 Å². The average molecular weight is 376 g/mol. The zero-order valence-corrected chi connectivity index (χ0v) is 17.9. The summed E-state index contributed by atoms with van der Waals surface area (Å²) in [5.74, 6) is 0.196. The first-order valence-electron chi connectivity index (χ1n) is 11.2. The molecule has 0 radical (unpaired) electrons. The quantitative estimate of drug-likeness (QED) is 0.193. The van der Waals surface area contributed by atoms with Crippen molar-refractivity contribution < 1.29 is 6.22 Å². The number of hydrogen-bond donors (Lipinski definition) is 1. The zero-order chi connectivity index (χ0) is 19.8. The van der Waals surface area contributed by atoms with E-state index < -0.39 is 0 Å². The van der Waals surface area contributed by atoms with E-state index in [2.05, 4.69) is 67.8 Å². The van der Waals surface area contributed by atoms with E-state index >= 15 is 0 Å². The van der Waals surface area contributed by atoms with Crippen LogP contribution in [0.4, 0.5) is 0 Å². The molecule has 0 aromatic carbocycles. The van der Waals surface area contributed by atoms with Crippen LogP contribution in [0.15, 0.2) is 48.6 Å². The van der Waals surface area contributed by atoms with Gasteiger partial charge in [0.1, 0.15) is 0 Å². The van der Waals surface area contributed by atoms with Gasteiger partial charge < -0.3 is 5.32 Å². The molecule has 0 unspecified atom stereocenters. The van der Waals surface area contributed by atoms with E-state index in [-0.39, 0.29) is 7.33 Å². The van der Waals surface area contributed by atoms with Crippen molar-refractivity contribution in [2.75, 3.05) is 6.54 Å². The van der Waals surface area contributed by atoms with Gasteiger partial charge in [-0.15, -0.1) is 0 Å². The maximum absolute atomic E-state index is 11.6. The van der Waals surface area contributed by atoms with Gasteiger partial charge in [0.25, 0.3) is 0 Å². The Morgan fingerprint density at radius 1 is 0.667 bits per heavy atom. The lowest BCUT2D eigenvalue weighted by atomic mass is 10.2. The minimum absolute atomic E-state index is 0. The van der Waals surface area contributed by atoms with E-state index in [0.717, 1.165) is 45.1 Å². The minimum atomic E-state index is 0. The number of allylic oxidation sites excluding steroid dienone is 8. The molecule has 2 nitrogen and oxygen atoms in total. The molecule has 1 N–H and O–H groups in total. The van der Waals surface area contributed by atoms with E-state index in [4.69, 9.17) is 0 Å². The molecule has 0 bridgehead atoms. The van der Waals surface area contributed by atoms with Gasteiger partial charge in [-0.25, -0.2) is 0 Å². The maximum Gasteiger partial charge on any atom is 0.220 e. The molecule has 0 saturated carbocycles. The predicted octanol–water partition coefficient (Wildman–Crippen LogP) is 7.68. The molecular weight excluding hydrogens is 330 g/mol. The number of carbonyl (C=O) groups excluding carboxylic acids is 1. The number of nitrogens with one attached hydrogen (secondary N) is 1. The summed E-state index contributed by atoms with van der Waals surface area (Å²) in [5.41, 5.74) is 0. The molecule has 0 saturated heterocycles. The van der Waals surface area contributed by atoms with E-state index in [1.165, 1.54) is 38.5 Å². The van der Waals surface area contributed by atoms with Gasteiger partial charge in [-0.1, -0.05) is 88.1 Å². The average Bonchev–Trinajstić information content (AvgIpc) is 2.67. The molecular formula is C25H45NO. The molecule has 0 aliphatic carbocycles. The Labute approximate surface area is 170 Å². The lowest BCUT2D eigenvalue weighted by Crippen LogP contribution is -2.23. The Morgan fingerprint density at radius 2 is 1.15 bits per heavy atom. The van der Waals surface area contributed by atoms with Gasteiger partial charge in [0.15, 0.2) is 0 Å². The van der Waals surface area contributed by atoms with E-state index in [0.29, 0.717) is 6.42 Å². The van der Waals surface area contributed by atoms with Crippen molar-refractivity contribution in [1.82, 2.24) is 5.32 Å². The van der Waals surface area contributed by atoms with Crippen molar-refractivity contribution in [2.24, 2.45) is 0 Å². The Bertz CT molecular complexity index is 438. The lowest BCUT2D eigenvalue weighted by molar-refractivity contribution is -0.121. The van der Waals surface area contributed by atoms with Crippen LogP contribution in [0, 0.1) is 0 Å². The van der Waals surface area contributed by atoms with Crippen molar-refractivity contribution in [1.29, 1.82) is 0 Å². The summed E-state index contributed by atoms with van der Waals surface area (Å²) in [6.07, 6.45) is 32.1. The fourth-order valence-electron chi connectivity index (χ4n) is 2.63. The van der Waals surface area contributed by atoms with Crippen molar-refractivity contribution >= 4 is 5.91 Å². The first-order valence-corrected chi connectivity index (χ1v) is 11.2. The van der Waals surface area contributed by atoms with Gasteiger partial charge >= 0.3 is 0 Å². The van der Waals surface area contributed by atoms with Crippen LogP contribution in [0.5, 0.6) is 0 Å².